The smallest absolute Gasteiger partial charge is 0.309 e. The number of nitrogen functional groups attached to an aromatic ring is 1. The van der Waals surface area contributed by atoms with Crippen LogP contribution in [-0.2, 0) is 24.1 Å². The first kappa shape index (κ1) is 39.7. The Balaban J connectivity index is 1.14. The first-order valence-electron chi connectivity index (χ1n) is 20.0. The number of aliphatic hydroxyl groups is 3. The summed E-state index contributed by atoms with van der Waals surface area (Å²) >= 11 is 0. The highest BCUT2D eigenvalue weighted by molar-refractivity contribution is 5.70. The number of hydrogen-bond acceptors (Lipinski definition) is 6. The molecule has 3 aromatic rings. The fourth-order valence-electron chi connectivity index (χ4n) is 9.01. The molecule has 7 N–H and O–H groups in total. The molecule has 0 spiro atoms. The van der Waals surface area contributed by atoms with Crippen molar-refractivity contribution in [3.05, 3.63) is 95.5 Å². The van der Waals surface area contributed by atoms with E-state index in [4.69, 9.17) is 5.73 Å². The standard InChI is InChI=1S/C44H63N3O5/c1-2-3-6-11-32-16-17-35(41(49)27-32)14-9-5-10-15-39(43(50)51)40(48)20-22-44(52)30-34(24-33-21-23-46-42(45)28-33)25-36(44)29-38-19-18-37(47-38)26-31-12-7-4-8-13-31/h4,7-8,12-13,16-19,21,23,28,32,34-36,39-41,47-49,52H,2-3,5-6,9-11,14-15,20,22,24-27,29-30H2,1H3,(H2,45,46)(H,50,51). The zero-order valence-electron chi connectivity index (χ0n) is 31.2. The number of carbonyl (C=O) groups is 1. The van der Waals surface area contributed by atoms with Crippen LogP contribution in [-0.4, -0.2) is 54.2 Å². The predicted molar refractivity (Wildman–Crippen MR) is 208 cm³/mol. The van der Waals surface area contributed by atoms with E-state index in [1.54, 1.807) is 6.20 Å². The van der Waals surface area contributed by atoms with Crippen LogP contribution in [0.2, 0.25) is 0 Å². The van der Waals surface area contributed by atoms with Gasteiger partial charge in [0.05, 0.1) is 23.7 Å². The number of allylic oxidation sites excluding steroid dienone is 1. The van der Waals surface area contributed by atoms with Crippen molar-refractivity contribution >= 4 is 11.8 Å². The molecule has 8 nitrogen and oxygen atoms in total. The van der Waals surface area contributed by atoms with Crippen LogP contribution in [0.15, 0.2) is 72.9 Å². The van der Waals surface area contributed by atoms with Crippen LogP contribution < -0.4 is 5.73 Å². The maximum atomic E-state index is 12.3. The van der Waals surface area contributed by atoms with Gasteiger partial charge in [0.25, 0.3) is 0 Å². The van der Waals surface area contributed by atoms with Gasteiger partial charge in [-0.05, 0) is 117 Å². The monoisotopic (exact) mass is 713 g/mol. The maximum Gasteiger partial charge on any atom is 0.309 e. The summed E-state index contributed by atoms with van der Waals surface area (Å²) in [6, 6.07) is 18.4. The van der Waals surface area contributed by atoms with Crippen LogP contribution >= 0.6 is 0 Å². The van der Waals surface area contributed by atoms with Crippen molar-refractivity contribution < 1.29 is 25.2 Å². The Kier molecular flexibility index (Phi) is 15.0. The number of H-pyrrole nitrogens is 1. The molecular weight excluding hydrogens is 650 g/mol. The molecular formula is C44H63N3O5. The second kappa shape index (κ2) is 19.6. The van der Waals surface area contributed by atoms with E-state index < -0.39 is 23.6 Å². The summed E-state index contributed by atoms with van der Waals surface area (Å²) in [7, 11) is 0. The van der Waals surface area contributed by atoms with Gasteiger partial charge in [-0.1, -0.05) is 87.9 Å². The molecule has 2 aliphatic carbocycles. The molecule has 284 valence electrons. The number of aliphatic hydroxyl groups excluding tert-OH is 2. The lowest BCUT2D eigenvalue weighted by Crippen LogP contribution is -2.37. The summed E-state index contributed by atoms with van der Waals surface area (Å²) in [6.45, 7) is 2.21. The van der Waals surface area contributed by atoms with Crippen molar-refractivity contribution in [2.45, 2.75) is 134 Å². The quantitative estimate of drug-likeness (QED) is 0.0483. The number of nitrogens with zero attached hydrogens (tertiary/aromatic N) is 1. The van der Waals surface area contributed by atoms with E-state index >= 15 is 0 Å². The fourth-order valence-corrected chi connectivity index (χ4v) is 9.01. The van der Waals surface area contributed by atoms with Crippen LogP contribution in [0.3, 0.4) is 0 Å². The van der Waals surface area contributed by atoms with Crippen LogP contribution in [0.1, 0.15) is 119 Å². The Morgan fingerprint density at radius 1 is 0.942 bits per heavy atom. The van der Waals surface area contributed by atoms with Gasteiger partial charge >= 0.3 is 5.97 Å². The lowest BCUT2D eigenvalue weighted by Gasteiger charge is -2.32. The third-order valence-electron chi connectivity index (χ3n) is 12.0. The molecule has 0 aliphatic heterocycles. The van der Waals surface area contributed by atoms with Crippen LogP contribution in [0, 0.1) is 29.6 Å². The number of nitrogens with two attached hydrogens (primary N) is 1. The highest BCUT2D eigenvalue weighted by Gasteiger charge is 2.46. The molecule has 8 heteroatoms. The number of carboxylic acid groups (broad SMARTS) is 1. The van der Waals surface area contributed by atoms with Gasteiger partial charge < -0.3 is 31.1 Å². The number of pyridine rings is 1. The highest BCUT2D eigenvalue weighted by atomic mass is 16.4. The largest absolute Gasteiger partial charge is 0.481 e. The molecule has 8 atom stereocenters. The molecule has 2 aromatic heterocycles. The summed E-state index contributed by atoms with van der Waals surface area (Å²) in [5.74, 6) is -0.522. The molecule has 0 amide bonds. The number of carboxylic acids is 1. The van der Waals surface area contributed by atoms with Crippen LogP contribution in [0.4, 0.5) is 5.82 Å². The minimum atomic E-state index is -1.03. The Morgan fingerprint density at radius 3 is 2.48 bits per heavy atom. The normalized spacial score (nSPS) is 25.7. The SMILES string of the molecule is CCCCCC1C=CC(CCCCCC(C(=O)O)C(O)CCC2(O)CC(Cc3ccnc(N)c3)CC2Cc2ccc(Cc3ccccc3)[nH]2)C(O)C1. The predicted octanol–water partition coefficient (Wildman–Crippen LogP) is 8.05. The van der Waals surface area contributed by atoms with Crippen molar-refractivity contribution in [3.63, 3.8) is 0 Å². The van der Waals surface area contributed by atoms with E-state index in [9.17, 15) is 25.2 Å². The summed E-state index contributed by atoms with van der Waals surface area (Å²) in [5.41, 5.74) is 9.48. The number of aliphatic carboxylic acids is 1. The molecule has 1 aromatic carbocycles. The number of unbranched alkanes of at least 4 members (excludes halogenated alkanes) is 4. The van der Waals surface area contributed by atoms with E-state index in [-0.39, 0.29) is 30.3 Å². The van der Waals surface area contributed by atoms with E-state index in [0.29, 0.717) is 43.8 Å². The lowest BCUT2D eigenvalue weighted by atomic mass is 9.80. The number of anilines is 1. The lowest BCUT2D eigenvalue weighted by molar-refractivity contribution is -0.146. The Hall–Kier alpha value is -3.46. The van der Waals surface area contributed by atoms with Crippen LogP contribution in [0.25, 0.3) is 0 Å². The molecule has 1 saturated carbocycles. The number of nitrogens with one attached hydrogen (secondary N) is 1. The minimum Gasteiger partial charge on any atom is -0.481 e. The van der Waals surface area contributed by atoms with Crippen LogP contribution in [0.5, 0.6) is 0 Å². The minimum absolute atomic E-state index is 0.0359. The molecule has 0 bridgehead atoms. The molecule has 0 saturated heterocycles. The zero-order chi connectivity index (χ0) is 36.9. The summed E-state index contributed by atoms with van der Waals surface area (Å²) in [5, 5.41) is 44.3. The van der Waals surface area contributed by atoms with Crippen molar-refractivity contribution in [1.29, 1.82) is 0 Å². The number of rotatable bonds is 21. The molecule has 8 unspecified atom stereocenters. The summed E-state index contributed by atoms with van der Waals surface area (Å²) < 4.78 is 0. The molecule has 1 fully saturated rings. The van der Waals surface area contributed by atoms with Crippen molar-refractivity contribution in [2.75, 3.05) is 5.73 Å². The maximum absolute atomic E-state index is 12.3. The second-order valence-electron chi connectivity index (χ2n) is 16.1. The molecule has 2 aliphatic rings. The van der Waals surface area contributed by atoms with Gasteiger partial charge in [0, 0.05) is 29.9 Å². The topological polar surface area (TPSA) is 153 Å². The van der Waals surface area contributed by atoms with E-state index in [1.807, 2.05) is 30.3 Å². The van der Waals surface area contributed by atoms with Gasteiger partial charge in [-0.15, -0.1) is 0 Å². The second-order valence-corrected chi connectivity index (χ2v) is 16.1. The third-order valence-corrected chi connectivity index (χ3v) is 12.0. The third kappa shape index (κ3) is 11.8. The first-order chi connectivity index (χ1) is 25.1. The molecule has 0 radical (unpaired) electrons. The van der Waals surface area contributed by atoms with Crippen molar-refractivity contribution in [2.24, 2.45) is 29.6 Å². The van der Waals surface area contributed by atoms with Gasteiger partial charge in [0.1, 0.15) is 5.82 Å². The molecule has 2 heterocycles. The number of hydrogen-bond donors (Lipinski definition) is 6. The summed E-state index contributed by atoms with van der Waals surface area (Å²) in [4.78, 5) is 20.0. The van der Waals surface area contributed by atoms with Gasteiger partial charge in [-0.2, -0.15) is 0 Å². The number of aromatic nitrogens is 2. The van der Waals surface area contributed by atoms with Gasteiger partial charge in [0.15, 0.2) is 0 Å². The number of aromatic amines is 1. The van der Waals surface area contributed by atoms with Gasteiger partial charge in [0.2, 0.25) is 0 Å². The average molecular weight is 714 g/mol. The average Bonchev–Trinajstić information content (AvgIpc) is 3.69. The van der Waals surface area contributed by atoms with E-state index in [0.717, 1.165) is 68.3 Å². The number of benzene rings is 1. The summed E-state index contributed by atoms with van der Waals surface area (Å²) in [6.07, 6.45) is 18.6. The van der Waals surface area contributed by atoms with Crippen molar-refractivity contribution in [3.8, 4) is 0 Å². The van der Waals surface area contributed by atoms with Crippen molar-refractivity contribution in [1.82, 2.24) is 9.97 Å². The molecule has 52 heavy (non-hydrogen) atoms. The van der Waals surface area contributed by atoms with E-state index in [1.165, 1.54) is 24.8 Å². The zero-order valence-corrected chi connectivity index (χ0v) is 31.2. The van der Waals surface area contributed by atoms with E-state index in [2.05, 4.69) is 53.3 Å². The fraction of sp³-hybridized carbons (Fsp3) is 0.591. The van der Waals surface area contributed by atoms with Gasteiger partial charge in [-0.3, -0.25) is 4.79 Å². The Morgan fingerprint density at radius 2 is 1.73 bits per heavy atom. The Bertz CT molecular complexity index is 1540. The van der Waals surface area contributed by atoms with Gasteiger partial charge in [-0.25, -0.2) is 4.98 Å². The first-order valence-corrected chi connectivity index (χ1v) is 20.0. The molecule has 5 rings (SSSR count). The Labute approximate surface area is 311 Å². The highest BCUT2D eigenvalue weighted by Crippen LogP contribution is 2.46.